The van der Waals surface area contributed by atoms with Crippen molar-refractivity contribution in [2.45, 2.75) is 33.1 Å². The number of ether oxygens (including phenoxy) is 1. The summed E-state index contributed by atoms with van der Waals surface area (Å²) in [6.07, 6.45) is 1.61. The molecular weight excluding hydrogens is 344 g/mol. The van der Waals surface area contributed by atoms with Crippen molar-refractivity contribution in [3.05, 3.63) is 60.0 Å². The number of amides is 2. The Kier molecular flexibility index (Phi) is 5.12. The fourth-order valence-electron chi connectivity index (χ4n) is 2.54. The highest BCUT2D eigenvalue weighted by molar-refractivity contribution is 5.99. The molecule has 0 aliphatic heterocycles. The molecule has 0 fully saturated rings. The number of nitrogens with zero attached hydrogens (tertiary/aromatic N) is 2. The standard InChI is InChI=1S/C20H22N4O3/c1-13-12-17(24-27-13)23-19(25)22-15-9-7-11-21-18(15)26-16-10-6-5-8-14(16)20(2,3)4/h5-12H,1-4H3,(H2,22,23,24,25). The molecule has 2 N–H and O–H groups in total. The Hall–Kier alpha value is -3.35. The Morgan fingerprint density at radius 1 is 1.11 bits per heavy atom. The Labute approximate surface area is 157 Å². The number of carbonyl (C=O) groups excluding carboxylic acids is 1. The van der Waals surface area contributed by atoms with E-state index in [1.54, 1.807) is 31.3 Å². The van der Waals surface area contributed by atoms with Crippen molar-refractivity contribution in [1.29, 1.82) is 0 Å². The van der Waals surface area contributed by atoms with Crippen LogP contribution in [0.2, 0.25) is 0 Å². The normalized spacial score (nSPS) is 11.1. The minimum atomic E-state index is -0.467. The van der Waals surface area contributed by atoms with Gasteiger partial charge in [-0.3, -0.25) is 5.32 Å². The van der Waals surface area contributed by atoms with Crippen LogP contribution in [0.4, 0.5) is 16.3 Å². The van der Waals surface area contributed by atoms with Gasteiger partial charge in [0.15, 0.2) is 5.82 Å². The van der Waals surface area contributed by atoms with Crippen molar-refractivity contribution >= 4 is 17.5 Å². The zero-order valence-corrected chi connectivity index (χ0v) is 15.7. The fraction of sp³-hybridized carbons (Fsp3) is 0.250. The van der Waals surface area contributed by atoms with Crippen LogP contribution in [-0.2, 0) is 5.41 Å². The van der Waals surface area contributed by atoms with E-state index < -0.39 is 6.03 Å². The molecule has 2 heterocycles. The molecule has 0 saturated carbocycles. The van der Waals surface area contributed by atoms with Gasteiger partial charge in [-0.25, -0.2) is 9.78 Å². The van der Waals surface area contributed by atoms with Gasteiger partial charge in [0.25, 0.3) is 0 Å². The molecule has 7 heteroatoms. The van der Waals surface area contributed by atoms with Gasteiger partial charge in [0.2, 0.25) is 5.88 Å². The lowest BCUT2D eigenvalue weighted by molar-refractivity contribution is 0.261. The average molecular weight is 366 g/mol. The molecule has 140 valence electrons. The minimum Gasteiger partial charge on any atom is -0.437 e. The van der Waals surface area contributed by atoms with Crippen LogP contribution in [0, 0.1) is 6.92 Å². The summed E-state index contributed by atoms with van der Waals surface area (Å²) in [6, 6.07) is 12.4. The number of benzene rings is 1. The number of anilines is 2. The fourth-order valence-corrected chi connectivity index (χ4v) is 2.54. The minimum absolute atomic E-state index is 0.0961. The summed E-state index contributed by atoms with van der Waals surface area (Å²) in [5.41, 5.74) is 1.39. The van der Waals surface area contributed by atoms with E-state index in [2.05, 4.69) is 41.5 Å². The van der Waals surface area contributed by atoms with Crippen molar-refractivity contribution in [3.8, 4) is 11.6 Å². The van der Waals surface area contributed by atoms with E-state index in [0.29, 0.717) is 28.9 Å². The monoisotopic (exact) mass is 366 g/mol. The lowest BCUT2D eigenvalue weighted by atomic mass is 9.86. The second-order valence-electron chi connectivity index (χ2n) is 7.11. The predicted octanol–water partition coefficient (Wildman–Crippen LogP) is 5.11. The van der Waals surface area contributed by atoms with Crippen LogP contribution >= 0.6 is 0 Å². The molecule has 27 heavy (non-hydrogen) atoms. The number of hydrogen-bond donors (Lipinski definition) is 2. The predicted molar refractivity (Wildman–Crippen MR) is 103 cm³/mol. The highest BCUT2D eigenvalue weighted by atomic mass is 16.5. The topological polar surface area (TPSA) is 89.3 Å². The van der Waals surface area contributed by atoms with Crippen molar-refractivity contribution in [1.82, 2.24) is 10.1 Å². The molecule has 0 unspecified atom stereocenters. The molecule has 3 aromatic rings. The third-order valence-corrected chi connectivity index (χ3v) is 3.79. The number of rotatable bonds is 4. The van der Waals surface area contributed by atoms with Crippen LogP contribution in [0.1, 0.15) is 32.1 Å². The molecule has 3 rings (SSSR count). The zero-order chi connectivity index (χ0) is 19.4. The van der Waals surface area contributed by atoms with Gasteiger partial charge in [0, 0.05) is 17.8 Å². The average Bonchev–Trinajstić information content (AvgIpc) is 3.01. The number of hydrogen-bond acceptors (Lipinski definition) is 5. The summed E-state index contributed by atoms with van der Waals surface area (Å²) in [4.78, 5) is 16.5. The van der Waals surface area contributed by atoms with Gasteiger partial charge in [-0.05, 0) is 30.5 Å². The summed E-state index contributed by atoms with van der Waals surface area (Å²) >= 11 is 0. The molecule has 0 atom stereocenters. The van der Waals surface area contributed by atoms with Gasteiger partial charge in [0.1, 0.15) is 17.2 Å². The first-order valence-electron chi connectivity index (χ1n) is 8.56. The van der Waals surface area contributed by atoms with Crippen molar-refractivity contribution in [2.24, 2.45) is 0 Å². The van der Waals surface area contributed by atoms with Gasteiger partial charge in [-0.1, -0.05) is 44.1 Å². The summed E-state index contributed by atoms with van der Waals surface area (Å²) < 4.78 is 11.0. The number of urea groups is 1. The van der Waals surface area contributed by atoms with Crippen molar-refractivity contribution in [2.75, 3.05) is 10.6 Å². The maximum absolute atomic E-state index is 12.2. The van der Waals surface area contributed by atoms with Crippen LogP contribution in [0.5, 0.6) is 11.6 Å². The second kappa shape index (κ2) is 7.49. The number of pyridine rings is 1. The van der Waals surface area contributed by atoms with Gasteiger partial charge < -0.3 is 14.6 Å². The van der Waals surface area contributed by atoms with Crippen LogP contribution in [0.25, 0.3) is 0 Å². The SMILES string of the molecule is Cc1cc(NC(=O)Nc2cccnc2Oc2ccccc2C(C)(C)C)no1. The third kappa shape index (κ3) is 4.63. The van der Waals surface area contributed by atoms with E-state index in [-0.39, 0.29) is 5.41 Å². The zero-order valence-electron chi connectivity index (χ0n) is 15.7. The largest absolute Gasteiger partial charge is 0.437 e. The van der Waals surface area contributed by atoms with E-state index in [4.69, 9.17) is 9.26 Å². The van der Waals surface area contributed by atoms with Crippen molar-refractivity contribution in [3.63, 3.8) is 0 Å². The second-order valence-corrected chi connectivity index (χ2v) is 7.11. The molecule has 2 aromatic heterocycles. The van der Waals surface area contributed by atoms with E-state index in [1.807, 2.05) is 24.3 Å². The van der Waals surface area contributed by atoms with Gasteiger partial charge in [-0.15, -0.1) is 0 Å². The quantitative estimate of drug-likeness (QED) is 0.669. The lowest BCUT2D eigenvalue weighted by Crippen LogP contribution is -2.20. The van der Waals surface area contributed by atoms with Gasteiger partial charge >= 0.3 is 6.03 Å². The first-order chi connectivity index (χ1) is 12.8. The Morgan fingerprint density at radius 3 is 2.59 bits per heavy atom. The molecule has 0 saturated heterocycles. The maximum Gasteiger partial charge on any atom is 0.325 e. The van der Waals surface area contributed by atoms with Crippen molar-refractivity contribution < 1.29 is 14.1 Å². The highest BCUT2D eigenvalue weighted by Gasteiger charge is 2.20. The first-order valence-corrected chi connectivity index (χ1v) is 8.56. The molecule has 0 aliphatic rings. The van der Waals surface area contributed by atoms with E-state index >= 15 is 0 Å². The van der Waals surface area contributed by atoms with Gasteiger partial charge in [0.05, 0.1) is 0 Å². The molecule has 0 bridgehead atoms. The molecule has 0 aliphatic carbocycles. The number of aromatic nitrogens is 2. The summed E-state index contributed by atoms with van der Waals surface area (Å²) in [5, 5.41) is 9.06. The highest BCUT2D eigenvalue weighted by Crippen LogP contribution is 2.35. The van der Waals surface area contributed by atoms with E-state index in [9.17, 15) is 4.79 Å². The Balaban J connectivity index is 1.80. The molecule has 0 spiro atoms. The lowest BCUT2D eigenvalue weighted by Gasteiger charge is -2.22. The van der Waals surface area contributed by atoms with Crippen LogP contribution in [-0.4, -0.2) is 16.2 Å². The van der Waals surface area contributed by atoms with Gasteiger partial charge in [-0.2, -0.15) is 0 Å². The first kappa shape index (κ1) is 18.4. The summed E-state index contributed by atoms with van der Waals surface area (Å²) in [6.45, 7) is 8.08. The summed E-state index contributed by atoms with van der Waals surface area (Å²) in [5.74, 6) is 1.93. The number of aryl methyl sites for hydroxylation is 1. The Bertz CT molecular complexity index is 944. The number of nitrogens with one attached hydrogen (secondary N) is 2. The number of carbonyl (C=O) groups is 1. The molecular formula is C20H22N4O3. The van der Waals surface area contributed by atoms with E-state index in [0.717, 1.165) is 5.56 Å². The maximum atomic E-state index is 12.2. The molecule has 1 aromatic carbocycles. The van der Waals surface area contributed by atoms with E-state index in [1.165, 1.54) is 0 Å². The number of para-hydroxylation sites is 1. The smallest absolute Gasteiger partial charge is 0.325 e. The molecule has 0 radical (unpaired) electrons. The summed E-state index contributed by atoms with van der Waals surface area (Å²) in [7, 11) is 0. The third-order valence-electron chi connectivity index (χ3n) is 3.79. The molecule has 7 nitrogen and oxygen atoms in total. The van der Waals surface area contributed by atoms with Crippen LogP contribution in [0.15, 0.2) is 53.2 Å². The van der Waals surface area contributed by atoms with Crippen LogP contribution < -0.4 is 15.4 Å². The molecule has 2 amide bonds. The Morgan fingerprint density at radius 2 is 1.89 bits per heavy atom. The van der Waals surface area contributed by atoms with Crippen LogP contribution in [0.3, 0.4) is 0 Å².